The zero-order valence-electron chi connectivity index (χ0n) is 10.0. The third-order valence-electron chi connectivity index (χ3n) is 2.98. The monoisotopic (exact) mass is 236 g/mol. The molecule has 0 fully saturated rings. The highest BCUT2D eigenvalue weighted by Crippen LogP contribution is 2.41. The predicted molar refractivity (Wildman–Crippen MR) is 62.3 cm³/mol. The second-order valence-corrected chi connectivity index (χ2v) is 4.15. The summed E-state index contributed by atoms with van der Waals surface area (Å²) in [7, 11) is 1.53. The van der Waals surface area contributed by atoms with E-state index >= 15 is 0 Å². The van der Waals surface area contributed by atoms with Gasteiger partial charge in [-0.2, -0.15) is 0 Å². The lowest BCUT2D eigenvalue weighted by Crippen LogP contribution is -1.98. The van der Waals surface area contributed by atoms with E-state index in [9.17, 15) is 9.90 Å². The Balaban J connectivity index is 2.37. The van der Waals surface area contributed by atoms with E-state index in [0.717, 1.165) is 24.8 Å². The number of cyclic esters (lactones) is 1. The summed E-state index contributed by atoms with van der Waals surface area (Å²) < 4.78 is 10.3. The van der Waals surface area contributed by atoms with Gasteiger partial charge < -0.3 is 14.6 Å². The maximum atomic E-state index is 11.6. The highest BCUT2D eigenvalue weighted by atomic mass is 16.5. The number of rotatable bonds is 4. The van der Waals surface area contributed by atoms with Crippen molar-refractivity contribution in [3.63, 3.8) is 0 Å². The number of unbranched alkanes of at least 4 members (excludes halogenated alkanes) is 1. The molecule has 0 spiro atoms. The molecule has 0 saturated heterocycles. The predicted octanol–water partition coefficient (Wildman–Crippen LogP) is 2.80. The number of carbonyl (C=O) groups is 1. The largest absolute Gasteiger partial charge is 0.507 e. The van der Waals surface area contributed by atoms with Gasteiger partial charge >= 0.3 is 5.97 Å². The molecule has 1 unspecified atom stereocenters. The van der Waals surface area contributed by atoms with Gasteiger partial charge in [0.15, 0.2) is 0 Å². The van der Waals surface area contributed by atoms with Crippen molar-refractivity contribution in [3.8, 4) is 11.5 Å². The molecule has 0 radical (unpaired) electrons. The maximum absolute atomic E-state index is 11.6. The molecule has 1 heterocycles. The van der Waals surface area contributed by atoms with E-state index < -0.39 is 5.97 Å². The summed E-state index contributed by atoms with van der Waals surface area (Å²) in [5.74, 6) is 0.0330. The van der Waals surface area contributed by atoms with Gasteiger partial charge in [0, 0.05) is 11.6 Å². The first-order valence-corrected chi connectivity index (χ1v) is 5.79. The van der Waals surface area contributed by atoms with E-state index in [-0.39, 0.29) is 17.4 Å². The standard InChI is InChI=1S/C13H16O4/c1-3-4-5-11-9-6-8(16-2)7-10(14)12(9)13(15)17-11/h6-7,11,14H,3-5H2,1-2H3. The minimum atomic E-state index is -0.443. The Morgan fingerprint density at radius 3 is 2.88 bits per heavy atom. The molecule has 0 aliphatic carbocycles. The number of esters is 1. The Bertz CT molecular complexity index is 439. The number of hydrogen-bond acceptors (Lipinski definition) is 4. The minimum Gasteiger partial charge on any atom is -0.507 e. The van der Waals surface area contributed by atoms with Crippen LogP contribution in [0.1, 0.15) is 48.2 Å². The Hall–Kier alpha value is -1.71. The molecule has 4 nitrogen and oxygen atoms in total. The maximum Gasteiger partial charge on any atom is 0.342 e. The van der Waals surface area contributed by atoms with Gasteiger partial charge in [-0.05, 0) is 18.9 Å². The van der Waals surface area contributed by atoms with Crippen molar-refractivity contribution in [3.05, 3.63) is 23.3 Å². The van der Waals surface area contributed by atoms with Gasteiger partial charge in [-0.15, -0.1) is 0 Å². The van der Waals surface area contributed by atoms with E-state index in [1.807, 2.05) is 0 Å². The average molecular weight is 236 g/mol. The van der Waals surface area contributed by atoms with Crippen molar-refractivity contribution in [1.82, 2.24) is 0 Å². The number of hydrogen-bond donors (Lipinski definition) is 1. The molecule has 1 aromatic rings. The molecule has 92 valence electrons. The summed E-state index contributed by atoms with van der Waals surface area (Å²) in [6.07, 6.45) is 2.55. The van der Waals surface area contributed by atoms with Crippen LogP contribution in [0.4, 0.5) is 0 Å². The van der Waals surface area contributed by atoms with Gasteiger partial charge in [-0.1, -0.05) is 13.3 Å². The molecular weight excluding hydrogens is 220 g/mol. The van der Waals surface area contributed by atoms with Crippen LogP contribution in [0.15, 0.2) is 12.1 Å². The average Bonchev–Trinajstić information content (AvgIpc) is 2.63. The zero-order valence-corrected chi connectivity index (χ0v) is 10.0. The van der Waals surface area contributed by atoms with Crippen LogP contribution in [-0.2, 0) is 4.74 Å². The van der Waals surface area contributed by atoms with Crippen molar-refractivity contribution < 1.29 is 19.4 Å². The molecule has 1 atom stereocenters. The van der Waals surface area contributed by atoms with Gasteiger partial charge in [0.1, 0.15) is 23.2 Å². The van der Waals surface area contributed by atoms with Crippen LogP contribution >= 0.6 is 0 Å². The fourth-order valence-corrected chi connectivity index (χ4v) is 2.07. The van der Waals surface area contributed by atoms with Crippen molar-refractivity contribution >= 4 is 5.97 Å². The number of aromatic hydroxyl groups is 1. The lowest BCUT2D eigenvalue weighted by Gasteiger charge is -2.10. The summed E-state index contributed by atoms with van der Waals surface area (Å²) in [6, 6.07) is 3.20. The molecule has 0 saturated carbocycles. The molecule has 0 bridgehead atoms. The van der Waals surface area contributed by atoms with Gasteiger partial charge in [0.05, 0.1) is 7.11 Å². The van der Waals surface area contributed by atoms with E-state index in [2.05, 4.69) is 6.92 Å². The van der Waals surface area contributed by atoms with Gasteiger partial charge in [0.2, 0.25) is 0 Å². The zero-order chi connectivity index (χ0) is 12.4. The molecule has 1 aromatic carbocycles. The minimum absolute atomic E-state index is 0.0663. The molecular formula is C13H16O4. The van der Waals surface area contributed by atoms with Crippen molar-refractivity contribution in [2.24, 2.45) is 0 Å². The smallest absolute Gasteiger partial charge is 0.342 e. The first kappa shape index (κ1) is 11.8. The van der Waals surface area contributed by atoms with Crippen molar-refractivity contribution in [2.45, 2.75) is 32.3 Å². The number of phenolic OH excluding ortho intramolecular Hbond substituents is 1. The summed E-state index contributed by atoms with van der Waals surface area (Å²) in [6.45, 7) is 2.08. The lowest BCUT2D eigenvalue weighted by molar-refractivity contribution is 0.0362. The van der Waals surface area contributed by atoms with Crippen LogP contribution in [0.3, 0.4) is 0 Å². The molecule has 1 N–H and O–H groups in total. The molecule has 0 amide bonds. The van der Waals surface area contributed by atoms with Crippen molar-refractivity contribution in [2.75, 3.05) is 7.11 Å². The number of carbonyl (C=O) groups excluding carboxylic acids is 1. The first-order valence-electron chi connectivity index (χ1n) is 5.79. The fraction of sp³-hybridized carbons (Fsp3) is 0.462. The SMILES string of the molecule is CCCCC1OC(=O)c2c(O)cc(OC)cc21. The van der Waals surface area contributed by atoms with Crippen molar-refractivity contribution in [1.29, 1.82) is 0 Å². The van der Waals surface area contributed by atoms with Crippen LogP contribution in [0.5, 0.6) is 11.5 Å². The number of benzene rings is 1. The summed E-state index contributed by atoms with van der Waals surface area (Å²) in [4.78, 5) is 11.6. The number of ether oxygens (including phenoxy) is 2. The van der Waals surface area contributed by atoms with Crippen LogP contribution in [-0.4, -0.2) is 18.2 Å². The topological polar surface area (TPSA) is 55.8 Å². The second-order valence-electron chi connectivity index (χ2n) is 4.15. The normalized spacial score (nSPS) is 17.8. The summed E-state index contributed by atoms with van der Waals surface area (Å²) >= 11 is 0. The third kappa shape index (κ3) is 2.07. The number of methoxy groups -OCH3 is 1. The second kappa shape index (κ2) is 4.65. The molecule has 4 heteroatoms. The molecule has 1 aliphatic rings. The first-order chi connectivity index (χ1) is 8.17. The summed E-state index contributed by atoms with van der Waals surface area (Å²) in [5, 5.41) is 9.78. The highest BCUT2D eigenvalue weighted by Gasteiger charge is 2.33. The number of phenols is 1. The Labute approximate surface area is 100 Å². The quantitative estimate of drug-likeness (QED) is 0.817. The summed E-state index contributed by atoms with van der Waals surface area (Å²) in [5.41, 5.74) is 1.02. The Morgan fingerprint density at radius 1 is 1.47 bits per heavy atom. The number of fused-ring (bicyclic) bond motifs is 1. The lowest BCUT2D eigenvalue weighted by atomic mass is 10.00. The third-order valence-corrected chi connectivity index (χ3v) is 2.98. The molecule has 17 heavy (non-hydrogen) atoms. The Kier molecular flexibility index (Phi) is 3.22. The van der Waals surface area contributed by atoms with E-state index in [1.165, 1.54) is 13.2 Å². The Morgan fingerprint density at radius 2 is 2.24 bits per heavy atom. The molecule has 2 rings (SSSR count). The van der Waals surface area contributed by atoms with Crippen LogP contribution in [0.25, 0.3) is 0 Å². The molecule has 1 aliphatic heterocycles. The van der Waals surface area contributed by atoms with E-state index in [4.69, 9.17) is 9.47 Å². The van der Waals surface area contributed by atoms with E-state index in [0.29, 0.717) is 5.75 Å². The van der Waals surface area contributed by atoms with Gasteiger partial charge in [0.25, 0.3) is 0 Å². The van der Waals surface area contributed by atoms with Crippen LogP contribution < -0.4 is 4.74 Å². The highest BCUT2D eigenvalue weighted by molar-refractivity contribution is 5.97. The van der Waals surface area contributed by atoms with Crippen LogP contribution in [0, 0.1) is 0 Å². The van der Waals surface area contributed by atoms with Gasteiger partial charge in [-0.25, -0.2) is 4.79 Å². The fourth-order valence-electron chi connectivity index (χ4n) is 2.07. The van der Waals surface area contributed by atoms with Gasteiger partial charge in [-0.3, -0.25) is 0 Å². The van der Waals surface area contributed by atoms with Crippen LogP contribution in [0.2, 0.25) is 0 Å². The van der Waals surface area contributed by atoms with E-state index in [1.54, 1.807) is 6.07 Å². The molecule has 0 aromatic heterocycles.